The van der Waals surface area contributed by atoms with Crippen LogP contribution in [0.5, 0.6) is 0 Å². The van der Waals surface area contributed by atoms with Crippen LogP contribution in [0.4, 0.5) is 15.8 Å². The van der Waals surface area contributed by atoms with E-state index in [2.05, 4.69) is 0 Å². The van der Waals surface area contributed by atoms with Crippen molar-refractivity contribution in [3.63, 3.8) is 0 Å². The highest BCUT2D eigenvalue weighted by Crippen LogP contribution is 2.44. The third kappa shape index (κ3) is 4.02. The molecule has 0 saturated heterocycles. The molecule has 7 heteroatoms. The summed E-state index contributed by atoms with van der Waals surface area (Å²) in [5.74, 6) is -0.951. The fraction of sp³-hybridized carbons (Fsp3) is 0.385. The minimum atomic E-state index is -1.23. The fourth-order valence-electron chi connectivity index (χ4n) is 5.18. The molecule has 33 heavy (non-hydrogen) atoms. The molecule has 0 aliphatic heterocycles. The Morgan fingerprint density at radius 1 is 1.15 bits per heavy atom. The van der Waals surface area contributed by atoms with E-state index < -0.39 is 17.3 Å². The summed E-state index contributed by atoms with van der Waals surface area (Å²) in [5, 5.41) is 11.6. The number of hydrogen-bond acceptors (Lipinski definition) is 4. The molecule has 4 rings (SSSR count). The van der Waals surface area contributed by atoms with E-state index in [4.69, 9.17) is 0 Å². The van der Waals surface area contributed by atoms with Crippen LogP contribution in [0, 0.1) is 5.82 Å². The van der Waals surface area contributed by atoms with Gasteiger partial charge >= 0.3 is 0 Å². The highest BCUT2D eigenvalue weighted by molar-refractivity contribution is 5.97. The maximum atomic E-state index is 14.2. The van der Waals surface area contributed by atoms with Crippen molar-refractivity contribution < 1.29 is 19.1 Å². The van der Waals surface area contributed by atoms with Crippen LogP contribution in [0.15, 0.2) is 42.5 Å². The molecule has 1 saturated carbocycles. The second kappa shape index (κ2) is 8.30. The average molecular weight is 452 g/mol. The van der Waals surface area contributed by atoms with Gasteiger partial charge in [0.2, 0.25) is 6.41 Å². The molecule has 2 atom stereocenters. The van der Waals surface area contributed by atoms with Crippen LogP contribution < -0.4 is 9.80 Å². The first-order valence-corrected chi connectivity index (χ1v) is 11.1. The van der Waals surface area contributed by atoms with E-state index in [1.54, 1.807) is 24.8 Å². The number of aryl methyl sites for hydroxylation is 1. The Kier molecular flexibility index (Phi) is 5.78. The Balaban J connectivity index is 1.78. The molecule has 1 amide bonds. The number of carbonyl (C=O) groups is 2. The molecule has 174 valence electrons. The van der Waals surface area contributed by atoms with Crippen molar-refractivity contribution in [2.45, 2.75) is 44.2 Å². The van der Waals surface area contributed by atoms with E-state index in [0.717, 1.165) is 23.3 Å². The quantitative estimate of drug-likeness (QED) is 0.574. The molecule has 1 fully saturated rings. The van der Waals surface area contributed by atoms with Crippen LogP contribution in [0.2, 0.25) is 0 Å². The Bertz CT molecular complexity index is 1230. The number of ketones is 1. The molecule has 0 radical (unpaired) electrons. The van der Waals surface area contributed by atoms with Gasteiger partial charge in [-0.3, -0.25) is 9.59 Å². The lowest BCUT2D eigenvalue weighted by Gasteiger charge is -2.26. The smallest absolute Gasteiger partial charge is 0.214 e. The summed E-state index contributed by atoms with van der Waals surface area (Å²) in [6.45, 7) is 3.34. The molecular formula is C26H30FN3O3. The molecule has 1 N–H and O–H groups in total. The maximum absolute atomic E-state index is 14.2. The maximum Gasteiger partial charge on any atom is 0.214 e. The standard InChI is InChI=1S/C26H30FN3O3/c1-26(2,33)25-24(20-11-16(27)9-10-22(20)29(25)5)21-13-19(14-23(21)32)30(15-31)18-8-6-7-17(12-18)28(3)4/h6-12,15,19,21,33H,13-14H2,1-5H3. The Morgan fingerprint density at radius 2 is 1.85 bits per heavy atom. The molecule has 2 unspecified atom stereocenters. The molecule has 1 heterocycles. The third-order valence-electron chi connectivity index (χ3n) is 6.61. The van der Waals surface area contributed by atoms with Gasteiger partial charge in [0.25, 0.3) is 0 Å². The Morgan fingerprint density at radius 3 is 2.48 bits per heavy atom. The van der Waals surface area contributed by atoms with Gasteiger partial charge in [0, 0.05) is 61.8 Å². The number of rotatable bonds is 6. The summed E-state index contributed by atoms with van der Waals surface area (Å²) in [6.07, 6.45) is 1.38. The number of carbonyl (C=O) groups excluding carboxylic acids is 2. The number of hydrogen-bond donors (Lipinski definition) is 1. The first-order chi connectivity index (χ1) is 15.5. The van der Waals surface area contributed by atoms with Gasteiger partial charge < -0.3 is 19.5 Å². The number of nitrogens with zero attached hydrogens (tertiary/aromatic N) is 3. The first kappa shape index (κ1) is 23.0. The fourth-order valence-corrected chi connectivity index (χ4v) is 5.18. The van der Waals surface area contributed by atoms with Gasteiger partial charge in [-0.2, -0.15) is 0 Å². The molecule has 1 aliphatic rings. The van der Waals surface area contributed by atoms with E-state index in [1.165, 1.54) is 12.1 Å². The number of aromatic nitrogens is 1. The summed E-state index contributed by atoms with van der Waals surface area (Å²) >= 11 is 0. The molecule has 1 aliphatic carbocycles. The first-order valence-electron chi connectivity index (χ1n) is 11.1. The van der Waals surface area contributed by atoms with Gasteiger partial charge in [-0.15, -0.1) is 0 Å². The van der Waals surface area contributed by atoms with E-state index in [-0.39, 0.29) is 18.2 Å². The number of amides is 1. The van der Waals surface area contributed by atoms with Crippen LogP contribution in [0.1, 0.15) is 43.9 Å². The zero-order valence-electron chi connectivity index (χ0n) is 19.7. The zero-order valence-corrected chi connectivity index (χ0v) is 19.7. The summed E-state index contributed by atoms with van der Waals surface area (Å²) in [7, 11) is 5.67. The number of anilines is 2. The van der Waals surface area contributed by atoms with Crippen molar-refractivity contribution in [3.8, 4) is 0 Å². The lowest BCUT2D eigenvalue weighted by atomic mass is 9.88. The summed E-state index contributed by atoms with van der Waals surface area (Å²) in [4.78, 5) is 29.0. The van der Waals surface area contributed by atoms with Crippen LogP contribution in [0.3, 0.4) is 0 Å². The minimum absolute atomic E-state index is 0.0159. The lowest BCUT2D eigenvalue weighted by Crippen LogP contribution is -2.32. The van der Waals surface area contributed by atoms with E-state index in [0.29, 0.717) is 23.1 Å². The minimum Gasteiger partial charge on any atom is -0.384 e. The summed E-state index contributed by atoms with van der Waals surface area (Å²) in [6, 6.07) is 11.8. The molecule has 0 spiro atoms. The largest absolute Gasteiger partial charge is 0.384 e. The second-order valence-corrected chi connectivity index (χ2v) is 9.58. The molecule has 1 aromatic heterocycles. The van der Waals surface area contributed by atoms with Crippen LogP contribution in [-0.4, -0.2) is 42.0 Å². The van der Waals surface area contributed by atoms with Crippen molar-refractivity contribution in [1.82, 2.24) is 4.57 Å². The van der Waals surface area contributed by atoms with Crippen LogP contribution in [0.25, 0.3) is 10.9 Å². The van der Waals surface area contributed by atoms with Crippen molar-refractivity contribution >= 4 is 34.5 Å². The number of aliphatic hydroxyl groups is 1. The van der Waals surface area contributed by atoms with Crippen molar-refractivity contribution in [2.24, 2.45) is 7.05 Å². The van der Waals surface area contributed by atoms with Crippen LogP contribution in [-0.2, 0) is 22.2 Å². The zero-order chi connectivity index (χ0) is 24.1. The number of benzene rings is 2. The predicted octanol–water partition coefficient (Wildman–Crippen LogP) is 4.09. The summed E-state index contributed by atoms with van der Waals surface area (Å²) in [5.41, 5.74) is 2.44. The lowest BCUT2D eigenvalue weighted by molar-refractivity contribution is -0.118. The molecule has 6 nitrogen and oxygen atoms in total. The van der Waals surface area contributed by atoms with E-state index >= 15 is 0 Å². The predicted molar refractivity (Wildman–Crippen MR) is 128 cm³/mol. The second-order valence-electron chi connectivity index (χ2n) is 9.58. The monoisotopic (exact) mass is 451 g/mol. The highest BCUT2D eigenvalue weighted by atomic mass is 19.1. The summed E-state index contributed by atoms with van der Waals surface area (Å²) < 4.78 is 16.0. The molecule has 2 aromatic carbocycles. The number of halogens is 1. The normalized spacial score (nSPS) is 18.7. The average Bonchev–Trinajstić information content (AvgIpc) is 3.25. The topological polar surface area (TPSA) is 65.8 Å². The molecule has 0 bridgehead atoms. The third-order valence-corrected chi connectivity index (χ3v) is 6.61. The van der Waals surface area contributed by atoms with Gasteiger partial charge in [0.1, 0.15) is 11.6 Å². The molecule has 3 aromatic rings. The van der Waals surface area contributed by atoms with Crippen LogP contribution >= 0.6 is 0 Å². The van der Waals surface area contributed by atoms with Gasteiger partial charge in [0.15, 0.2) is 0 Å². The molecular weight excluding hydrogens is 421 g/mol. The number of Topliss-reactive ketones (excluding diaryl/α,β-unsaturated/α-hetero) is 1. The van der Waals surface area contributed by atoms with Crippen molar-refractivity contribution in [2.75, 3.05) is 23.9 Å². The Hall–Kier alpha value is -3.19. The van der Waals surface area contributed by atoms with Gasteiger partial charge in [-0.05, 0) is 62.2 Å². The van der Waals surface area contributed by atoms with Gasteiger partial charge in [0.05, 0.1) is 11.3 Å². The highest BCUT2D eigenvalue weighted by Gasteiger charge is 2.42. The SMILES string of the molecule is CN(C)c1cccc(N(C=O)C2CC(=O)C(c3c(C(C)(C)O)n(C)c4ccc(F)cc34)C2)c1. The van der Waals surface area contributed by atoms with E-state index in [9.17, 15) is 19.1 Å². The Labute approximate surface area is 193 Å². The van der Waals surface area contributed by atoms with Crippen molar-refractivity contribution in [1.29, 1.82) is 0 Å². The van der Waals surface area contributed by atoms with Gasteiger partial charge in [-0.1, -0.05) is 6.07 Å². The van der Waals surface area contributed by atoms with E-state index in [1.807, 2.05) is 54.9 Å². The van der Waals surface area contributed by atoms with Gasteiger partial charge in [-0.25, -0.2) is 4.39 Å². The van der Waals surface area contributed by atoms with Crippen molar-refractivity contribution in [3.05, 3.63) is 59.5 Å². The number of fused-ring (bicyclic) bond motifs is 1.